The first kappa shape index (κ1) is 12.1. The molecule has 0 saturated heterocycles. The minimum atomic E-state index is 0.993. The number of hydrogen-bond donors (Lipinski definition) is 0. The third-order valence-corrected chi connectivity index (χ3v) is 3.35. The molecule has 1 aromatic heterocycles. The van der Waals surface area contributed by atoms with E-state index in [9.17, 15) is 0 Å². The molecular formula is C14H15BrN2. The molecule has 0 fully saturated rings. The summed E-state index contributed by atoms with van der Waals surface area (Å²) in [7, 11) is 2.10. The summed E-state index contributed by atoms with van der Waals surface area (Å²) in [6.45, 7) is 0.993. The van der Waals surface area contributed by atoms with Crippen LogP contribution in [0.4, 0.5) is 5.69 Å². The van der Waals surface area contributed by atoms with E-state index in [1.165, 1.54) is 11.3 Å². The highest BCUT2D eigenvalue weighted by atomic mass is 79.9. The van der Waals surface area contributed by atoms with E-state index < -0.39 is 0 Å². The molecule has 0 unspecified atom stereocenters. The Bertz CT molecular complexity index is 471. The summed E-state index contributed by atoms with van der Waals surface area (Å²) in [5.74, 6) is 0. The van der Waals surface area contributed by atoms with E-state index in [-0.39, 0.29) is 0 Å². The second kappa shape index (κ2) is 5.82. The van der Waals surface area contributed by atoms with Crippen molar-refractivity contribution in [1.82, 2.24) is 4.98 Å². The second-order valence-corrected chi connectivity index (χ2v) is 4.84. The molecule has 0 bridgehead atoms. The summed E-state index contributed by atoms with van der Waals surface area (Å²) in [5.41, 5.74) is 2.54. The number of rotatable bonds is 4. The Hall–Kier alpha value is -1.35. The summed E-state index contributed by atoms with van der Waals surface area (Å²) in [4.78, 5) is 6.31. The van der Waals surface area contributed by atoms with Gasteiger partial charge in [0.1, 0.15) is 0 Å². The van der Waals surface area contributed by atoms with Crippen LogP contribution in [-0.2, 0) is 6.42 Å². The molecule has 0 spiro atoms. The fourth-order valence-electron chi connectivity index (χ4n) is 1.74. The van der Waals surface area contributed by atoms with E-state index in [1.54, 1.807) is 0 Å². The van der Waals surface area contributed by atoms with Crippen LogP contribution in [0.25, 0.3) is 0 Å². The van der Waals surface area contributed by atoms with Crippen LogP contribution >= 0.6 is 15.9 Å². The number of pyridine rings is 1. The predicted octanol–water partition coefficient (Wildman–Crippen LogP) is 3.52. The Balaban J connectivity index is 1.99. The largest absolute Gasteiger partial charge is 0.373 e. The van der Waals surface area contributed by atoms with Gasteiger partial charge in [0, 0.05) is 26.0 Å². The van der Waals surface area contributed by atoms with Gasteiger partial charge in [-0.25, -0.2) is 0 Å². The number of likely N-dealkylation sites (N-methyl/N-ethyl adjacent to an activating group) is 1. The molecule has 88 valence electrons. The van der Waals surface area contributed by atoms with Crippen molar-refractivity contribution >= 4 is 21.6 Å². The molecule has 0 atom stereocenters. The molecule has 1 heterocycles. The van der Waals surface area contributed by atoms with Crippen molar-refractivity contribution in [3.8, 4) is 0 Å². The summed E-state index contributed by atoms with van der Waals surface area (Å²) in [6.07, 6.45) is 4.69. The molecule has 2 nitrogen and oxygen atoms in total. The number of nitrogens with zero attached hydrogens (tertiary/aromatic N) is 2. The van der Waals surface area contributed by atoms with Gasteiger partial charge in [-0.05, 0) is 34.0 Å². The highest BCUT2D eigenvalue weighted by Crippen LogP contribution is 2.23. The molecule has 0 radical (unpaired) electrons. The lowest BCUT2D eigenvalue weighted by Crippen LogP contribution is -2.20. The number of benzene rings is 1. The number of aromatic nitrogens is 1. The number of halogens is 1. The first-order chi connectivity index (χ1) is 8.27. The molecular weight excluding hydrogens is 276 g/mol. The number of hydrogen-bond acceptors (Lipinski definition) is 2. The lowest BCUT2D eigenvalue weighted by molar-refractivity contribution is 0.873. The second-order valence-electron chi connectivity index (χ2n) is 3.98. The van der Waals surface area contributed by atoms with Crippen molar-refractivity contribution in [2.24, 2.45) is 0 Å². The van der Waals surface area contributed by atoms with Gasteiger partial charge in [0.2, 0.25) is 0 Å². The highest BCUT2D eigenvalue weighted by Gasteiger charge is 2.04. The molecule has 0 aliphatic carbocycles. The molecule has 0 amide bonds. The predicted molar refractivity (Wildman–Crippen MR) is 75.4 cm³/mol. The monoisotopic (exact) mass is 290 g/mol. The highest BCUT2D eigenvalue weighted by molar-refractivity contribution is 9.10. The first-order valence-corrected chi connectivity index (χ1v) is 6.41. The van der Waals surface area contributed by atoms with Crippen LogP contribution in [0, 0.1) is 0 Å². The standard InChI is InChI=1S/C14H15BrN2/c1-17(14-7-9-16-11-13(14)15)10-8-12-5-3-2-4-6-12/h2-7,9,11H,8,10H2,1H3. The van der Waals surface area contributed by atoms with Gasteiger partial charge in [0.05, 0.1) is 10.2 Å². The fourth-order valence-corrected chi connectivity index (χ4v) is 2.29. The zero-order chi connectivity index (χ0) is 12.1. The Morgan fingerprint density at radius 2 is 1.94 bits per heavy atom. The Morgan fingerprint density at radius 3 is 2.65 bits per heavy atom. The number of anilines is 1. The maximum absolute atomic E-state index is 4.07. The lowest BCUT2D eigenvalue weighted by Gasteiger charge is -2.20. The summed E-state index contributed by atoms with van der Waals surface area (Å²) >= 11 is 3.52. The van der Waals surface area contributed by atoms with Gasteiger partial charge in [-0.1, -0.05) is 30.3 Å². The molecule has 17 heavy (non-hydrogen) atoms. The molecule has 0 N–H and O–H groups in total. The SMILES string of the molecule is CN(CCc1ccccc1)c1ccncc1Br. The third kappa shape index (κ3) is 3.30. The average Bonchev–Trinajstić information content (AvgIpc) is 2.38. The van der Waals surface area contributed by atoms with Crippen LogP contribution in [0.15, 0.2) is 53.3 Å². The van der Waals surface area contributed by atoms with Crippen molar-refractivity contribution in [3.05, 3.63) is 58.8 Å². The van der Waals surface area contributed by atoms with Gasteiger partial charge >= 0.3 is 0 Å². The van der Waals surface area contributed by atoms with Crippen molar-refractivity contribution in [2.75, 3.05) is 18.5 Å². The fraction of sp³-hybridized carbons (Fsp3) is 0.214. The van der Waals surface area contributed by atoms with Gasteiger partial charge in [-0.3, -0.25) is 4.98 Å². The molecule has 2 aromatic rings. The van der Waals surface area contributed by atoms with E-state index in [0.29, 0.717) is 0 Å². The smallest absolute Gasteiger partial charge is 0.0592 e. The van der Waals surface area contributed by atoms with Gasteiger partial charge in [0.15, 0.2) is 0 Å². The van der Waals surface area contributed by atoms with Crippen LogP contribution in [0.1, 0.15) is 5.56 Å². The van der Waals surface area contributed by atoms with Crippen LogP contribution in [0.2, 0.25) is 0 Å². The van der Waals surface area contributed by atoms with Crippen LogP contribution in [0.5, 0.6) is 0 Å². The zero-order valence-electron chi connectivity index (χ0n) is 9.81. The van der Waals surface area contributed by atoms with E-state index in [0.717, 1.165) is 17.4 Å². The van der Waals surface area contributed by atoms with Gasteiger partial charge in [-0.15, -0.1) is 0 Å². The van der Waals surface area contributed by atoms with Crippen LogP contribution in [0.3, 0.4) is 0 Å². The zero-order valence-corrected chi connectivity index (χ0v) is 11.4. The van der Waals surface area contributed by atoms with Crippen LogP contribution < -0.4 is 4.90 Å². The Morgan fingerprint density at radius 1 is 1.18 bits per heavy atom. The summed E-state index contributed by atoms with van der Waals surface area (Å²) in [6, 6.07) is 12.6. The maximum Gasteiger partial charge on any atom is 0.0592 e. The molecule has 0 aliphatic heterocycles. The normalized spacial score (nSPS) is 10.2. The topological polar surface area (TPSA) is 16.1 Å². The molecule has 2 rings (SSSR count). The minimum absolute atomic E-state index is 0.993. The van der Waals surface area contributed by atoms with E-state index in [2.05, 4.69) is 57.1 Å². The average molecular weight is 291 g/mol. The van der Waals surface area contributed by atoms with Crippen molar-refractivity contribution in [1.29, 1.82) is 0 Å². The molecule has 1 aromatic carbocycles. The van der Waals surface area contributed by atoms with Crippen molar-refractivity contribution in [2.45, 2.75) is 6.42 Å². The third-order valence-electron chi connectivity index (χ3n) is 2.74. The summed E-state index contributed by atoms with van der Waals surface area (Å²) in [5, 5.41) is 0. The maximum atomic E-state index is 4.07. The van der Waals surface area contributed by atoms with Crippen molar-refractivity contribution in [3.63, 3.8) is 0 Å². The summed E-state index contributed by atoms with van der Waals surface area (Å²) < 4.78 is 1.04. The van der Waals surface area contributed by atoms with E-state index in [1.807, 2.05) is 24.5 Å². The van der Waals surface area contributed by atoms with Gasteiger partial charge in [0.25, 0.3) is 0 Å². The Labute approximate surface area is 110 Å². The molecule has 0 saturated carbocycles. The quantitative estimate of drug-likeness (QED) is 0.856. The van der Waals surface area contributed by atoms with Gasteiger partial charge < -0.3 is 4.90 Å². The minimum Gasteiger partial charge on any atom is -0.373 e. The molecule has 0 aliphatic rings. The van der Waals surface area contributed by atoms with Crippen molar-refractivity contribution < 1.29 is 0 Å². The van der Waals surface area contributed by atoms with E-state index >= 15 is 0 Å². The Kier molecular flexibility index (Phi) is 4.15. The molecule has 3 heteroatoms. The van der Waals surface area contributed by atoms with E-state index in [4.69, 9.17) is 0 Å². The lowest BCUT2D eigenvalue weighted by atomic mass is 10.1. The van der Waals surface area contributed by atoms with Gasteiger partial charge in [-0.2, -0.15) is 0 Å². The first-order valence-electron chi connectivity index (χ1n) is 5.62. The van der Waals surface area contributed by atoms with Crippen LogP contribution in [-0.4, -0.2) is 18.6 Å².